The minimum atomic E-state index is -0.377. The van der Waals surface area contributed by atoms with Gasteiger partial charge in [-0.3, -0.25) is 4.79 Å². The molecule has 3 nitrogen and oxygen atoms in total. The Morgan fingerprint density at radius 1 is 0.927 bits per heavy atom. The predicted octanol–water partition coefficient (Wildman–Crippen LogP) is 10.5. The fraction of sp³-hybridized carbons (Fsp3) is 0.405. The summed E-state index contributed by atoms with van der Waals surface area (Å²) in [4.78, 5) is 16.6. The van der Waals surface area contributed by atoms with Gasteiger partial charge in [-0.1, -0.05) is 99.6 Å². The van der Waals surface area contributed by atoms with Crippen LogP contribution < -0.4 is 0 Å². The van der Waals surface area contributed by atoms with Gasteiger partial charge < -0.3 is 10.1 Å². The number of nitrogens with zero attached hydrogens (tertiary/aromatic N) is 1. The molecule has 1 heterocycles. The molecule has 1 radical (unpaired) electrons. The monoisotopic (exact) mass is 729 g/mol. The SMILES string of the molecule is CCC(C)(C)C(=O)/C=C(\O)C(C)(C)CC.Cc1[c-]c(-c2nccc3ccc4cc(C(C)C)ccc4c23)cc(C)c1.[Ir]. The van der Waals surface area contributed by atoms with Crippen molar-refractivity contribution in [3.8, 4) is 11.3 Å². The third-order valence-electron chi connectivity index (χ3n) is 8.24. The number of hydrogen-bond donors (Lipinski definition) is 1. The number of benzene rings is 3. The Hall–Kier alpha value is -2.81. The van der Waals surface area contributed by atoms with Crippen LogP contribution >= 0.6 is 0 Å². The molecule has 4 heteroatoms. The van der Waals surface area contributed by atoms with Crippen molar-refractivity contribution in [2.45, 2.75) is 88.0 Å². The van der Waals surface area contributed by atoms with E-state index in [-0.39, 0.29) is 42.5 Å². The van der Waals surface area contributed by atoms with Crippen molar-refractivity contribution in [1.82, 2.24) is 4.98 Å². The number of aromatic nitrogens is 1. The van der Waals surface area contributed by atoms with Crippen molar-refractivity contribution < 1.29 is 30.0 Å². The van der Waals surface area contributed by atoms with Gasteiger partial charge in [0, 0.05) is 43.2 Å². The molecule has 0 aliphatic heterocycles. The molecule has 0 saturated carbocycles. The molecule has 0 amide bonds. The van der Waals surface area contributed by atoms with E-state index in [1.807, 2.05) is 47.7 Å². The van der Waals surface area contributed by atoms with Crippen LogP contribution in [0.15, 0.2) is 66.6 Å². The van der Waals surface area contributed by atoms with Crippen molar-refractivity contribution in [2.24, 2.45) is 10.8 Å². The fourth-order valence-electron chi connectivity index (χ4n) is 4.48. The van der Waals surface area contributed by atoms with E-state index in [1.165, 1.54) is 38.7 Å². The van der Waals surface area contributed by atoms with Crippen LogP contribution in [0.1, 0.15) is 90.8 Å². The molecule has 0 aliphatic rings. The second-order valence-electron chi connectivity index (χ2n) is 12.6. The first-order chi connectivity index (χ1) is 18.7. The van der Waals surface area contributed by atoms with Crippen LogP contribution in [0, 0.1) is 30.7 Å². The van der Waals surface area contributed by atoms with E-state index in [0.29, 0.717) is 5.92 Å². The Morgan fingerprint density at radius 2 is 1.56 bits per heavy atom. The van der Waals surface area contributed by atoms with E-state index < -0.39 is 0 Å². The van der Waals surface area contributed by atoms with Gasteiger partial charge >= 0.3 is 0 Å². The van der Waals surface area contributed by atoms with Crippen molar-refractivity contribution in [2.75, 3.05) is 0 Å². The summed E-state index contributed by atoms with van der Waals surface area (Å²) in [5.74, 6) is 0.724. The van der Waals surface area contributed by atoms with E-state index >= 15 is 0 Å². The fourth-order valence-corrected chi connectivity index (χ4v) is 4.48. The molecular weight excluding hydrogens is 683 g/mol. The molecule has 1 N–H and O–H groups in total. The summed E-state index contributed by atoms with van der Waals surface area (Å²) < 4.78 is 0. The number of carbonyl (C=O) groups excluding carboxylic acids is 1. The van der Waals surface area contributed by atoms with Gasteiger partial charge in [0.15, 0.2) is 5.78 Å². The molecule has 4 rings (SSSR count). The summed E-state index contributed by atoms with van der Waals surface area (Å²) in [6, 6.07) is 21.1. The van der Waals surface area contributed by atoms with Crippen molar-refractivity contribution in [3.05, 3.63) is 89.3 Å². The molecule has 3 aromatic carbocycles. The number of rotatable bonds is 7. The third-order valence-corrected chi connectivity index (χ3v) is 8.24. The van der Waals surface area contributed by atoms with Crippen molar-refractivity contribution in [3.63, 3.8) is 0 Å². The zero-order chi connectivity index (χ0) is 29.8. The molecule has 0 aliphatic carbocycles. The van der Waals surface area contributed by atoms with E-state index in [0.717, 1.165) is 29.7 Å². The van der Waals surface area contributed by atoms with Crippen LogP contribution in [0.4, 0.5) is 0 Å². The summed E-state index contributed by atoms with van der Waals surface area (Å²) in [5, 5.41) is 14.8. The number of ketones is 1. The van der Waals surface area contributed by atoms with Crippen molar-refractivity contribution >= 4 is 27.3 Å². The Morgan fingerprint density at radius 3 is 2.15 bits per heavy atom. The van der Waals surface area contributed by atoms with Gasteiger partial charge in [0.05, 0.1) is 0 Å². The minimum Gasteiger partial charge on any atom is -0.512 e. The Labute approximate surface area is 260 Å². The second-order valence-corrected chi connectivity index (χ2v) is 12.6. The van der Waals surface area contributed by atoms with Gasteiger partial charge in [-0.2, -0.15) is 0 Å². The van der Waals surface area contributed by atoms with E-state index in [9.17, 15) is 9.90 Å². The number of allylic oxidation sites excluding steroid dienone is 2. The first kappa shape index (κ1) is 34.4. The Balaban J connectivity index is 0.000000320. The molecule has 0 atom stereocenters. The zero-order valence-corrected chi connectivity index (χ0v) is 28.8. The predicted molar refractivity (Wildman–Crippen MR) is 171 cm³/mol. The molecule has 0 saturated heterocycles. The molecule has 221 valence electrons. The van der Waals surface area contributed by atoms with E-state index in [1.54, 1.807) is 0 Å². The van der Waals surface area contributed by atoms with Crippen molar-refractivity contribution in [1.29, 1.82) is 0 Å². The smallest absolute Gasteiger partial charge is 0.164 e. The second kappa shape index (κ2) is 13.9. The van der Waals surface area contributed by atoms with Gasteiger partial charge in [0.25, 0.3) is 0 Å². The van der Waals surface area contributed by atoms with E-state index in [4.69, 9.17) is 4.98 Å². The molecule has 4 aromatic rings. The molecule has 0 fully saturated rings. The topological polar surface area (TPSA) is 50.2 Å². The largest absolute Gasteiger partial charge is 0.512 e. The Bertz CT molecular complexity index is 1530. The van der Waals surface area contributed by atoms with Crippen LogP contribution in [0.3, 0.4) is 0 Å². The third kappa shape index (κ3) is 8.15. The summed E-state index contributed by atoms with van der Waals surface area (Å²) in [7, 11) is 0. The quantitative estimate of drug-likeness (QED) is 0.0892. The first-order valence-corrected chi connectivity index (χ1v) is 14.5. The van der Waals surface area contributed by atoms with Gasteiger partial charge in [-0.25, -0.2) is 0 Å². The molecule has 1 aromatic heterocycles. The molecule has 0 unspecified atom stereocenters. The molecule has 0 spiro atoms. The van der Waals surface area contributed by atoms with Gasteiger partial charge in [-0.05, 0) is 57.6 Å². The average molecular weight is 729 g/mol. The molecular formula is C37H46IrNO2-. The number of aliphatic hydroxyl groups is 1. The number of aliphatic hydroxyl groups excluding tert-OH is 1. The average Bonchev–Trinajstić information content (AvgIpc) is 2.91. The molecule has 0 bridgehead atoms. The van der Waals surface area contributed by atoms with Crippen LogP contribution in [0.25, 0.3) is 32.8 Å². The summed E-state index contributed by atoms with van der Waals surface area (Å²) >= 11 is 0. The van der Waals surface area contributed by atoms with Gasteiger partial charge in [0.1, 0.15) is 5.76 Å². The zero-order valence-electron chi connectivity index (χ0n) is 26.4. The summed E-state index contributed by atoms with van der Waals surface area (Å²) in [5.41, 5.74) is 5.17. The summed E-state index contributed by atoms with van der Waals surface area (Å²) in [6.45, 7) is 20.3. The van der Waals surface area contributed by atoms with Crippen LogP contribution in [-0.2, 0) is 24.9 Å². The maximum atomic E-state index is 11.8. The van der Waals surface area contributed by atoms with Gasteiger partial charge in [0.2, 0.25) is 0 Å². The Kier molecular flexibility index (Phi) is 11.7. The number of aryl methyl sites for hydroxylation is 2. The minimum absolute atomic E-state index is 0. The van der Waals surface area contributed by atoms with Gasteiger partial charge in [-0.15, -0.1) is 34.9 Å². The first-order valence-electron chi connectivity index (χ1n) is 14.5. The summed E-state index contributed by atoms with van der Waals surface area (Å²) in [6.07, 6.45) is 4.89. The van der Waals surface area contributed by atoms with Crippen LogP contribution in [-0.4, -0.2) is 15.9 Å². The van der Waals surface area contributed by atoms with Crippen LogP contribution in [0.2, 0.25) is 0 Å². The molecule has 41 heavy (non-hydrogen) atoms. The van der Waals surface area contributed by atoms with Crippen LogP contribution in [0.5, 0.6) is 0 Å². The number of fused-ring (bicyclic) bond motifs is 3. The number of pyridine rings is 1. The van der Waals surface area contributed by atoms with E-state index in [2.05, 4.69) is 82.3 Å². The number of hydrogen-bond acceptors (Lipinski definition) is 3. The normalized spacial score (nSPS) is 12.2. The maximum absolute atomic E-state index is 11.8. The number of carbonyl (C=O) groups is 1. The standard InChI is InChI=1S/C24H22N.C13H24O2.Ir/c1-15(2)19-7-8-22-20(14-19)6-5-18-9-10-25-24(23(18)22)21-12-16(3)11-17(4)13-21;1-7-12(3,4)10(14)9-11(15)13(5,6)8-2;/h5-12,14-15H,1-4H3;9,14H,7-8H2,1-6H3;/q-1;;/b;10-9-;. The maximum Gasteiger partial charge on any atom is 0.164 e.